The first-order chi connectivity index (χ1) is 6.84. The molecule has 0 radical (unpaired) electrons. The molecule has 0 aliphatic rings. The molecular weight excluding hydrogens is 172 g/mol. The van der Waals surface area contributed by atoms with Crippen molar-refractivity contribution in [3.8, 4) is 0 Å². The molecule has 0 saturated carbocycles. The number of nitrogens with one attached hydrogen (secondary N) is 2. The Hall–Kier alpha value is -1.96. The minimum Gasteiger partial charge on any atom is -0.309 e. The molecule has 0 saturated heterocycles. The molecule has 2 N–H and O–H groups in total. The van der Waals surface area contributed by atoms with Crippen LogP contribution in [-0.4, -0.2) is 11.9 Å². The first-order valence-electron chi connectivity index (χ1n) is 4.32. The topological polar surface area (TPSA) is 47.7 Å². The van der Waals surface area contributed by atoms with E-state index in [2.05, 4.69) is 0 Å². The van der Waals surface area contributed by atoms with Gasteiger partial charge >= 0.3 is 0 Å². The van der Waals surface area contributed by atoms with Crippen LogP contribution in [0.5, 0.6) is 0 Å². The van der Waals surface area contributed by atoms with Gasteiger partial charge in [0.05, 0.1) is 5.71 Å². The summed E-state index contributed by atoms with van der Waals surface area (Å²) in [5.41, 5.74) is 1.37. The summed E-state index contributed by atoms with van der Waals surface area (Å²) in [6, 6.07) is 9.53. The average Bonchev–Trinajstić information content (AvgIpc) is 2.25. The molecule has 70 valence electrons. The summed E-state index contributed by atoms with van der Waals surface area (Å²) >= 11 is 0. The van der Waals surface area contributed by atoms with Gasteiger partial charge in [0.1, 0.15) is 0 Å². The van der Waals surface area contributed by atoms with Crippen molar-refractivity contribution in [1.82, 2.24) is 0 Å². The van der Waals surface area contributed by atoms with Crippen molar-refractivity contribution >= 4 is 11.9 Å². The highest BCUT2D eigenvalue weighted by molar-refractivity contribution is 6.06. The lowest BCUT2D eigenvalue weighted by Gasteiger charge is -1.95. The zero-order chi connectivity index (χ0) is 10.2. The Kier molecular flexibility index (Phi) is 4.08. The molecule has 0 aliphatic heterocycles. The Labute approximate surface area is 83.6 Å². The van der Waals surface area contributed by atoms with Crippen molar-refractivity contribution < 1.29 is 0 Å². The van der Waals surface area contributed by atoms with Gasteiger partial charge in [0.15, 0.2) is 0 Å². The number of rotatable bonds is 4. The zero-order valence-electron chi connectivity index (χ0n) is 7.77. The van der Waals surface area contributed by atoms with Gasteiger partial charge in [-0.2, -0.15) is 0 Å². The van der Waals surface area contributed by atoms with Crippen LogP contribution in [0, 0.1) is 10.8 Å². The zero-order valence-corrected chi connectivity index (χ0v) is 7.77. The summed E-state index contributed by atoms with van der Waals surface area (Å²) in [4.78, 5) is 0. The van der Waals surface area contributed by atoms with Crippen molar-refractivity contribution in [2.24, 2.45) is 0 Å². The number of benzene rings is 1. The fourth-order valence-corrected chi connectivity index (χ4v) is 0.985. The second-order valence-corrected chi connectivity index (χ2v) is 2.69. The summed E-state index contributed by atoms with van der Waals surface area (Å²) in [7, 11) is 0. The van der Waals surface area contributed by atoms with E-state index in [0.29, 0.717) is 5.71 Å². The summed E-state index contributed by atoms with van der Waals surface area (Å²) in [6.45, 7) is 0. The van der Waals surface area contributed by atoms with E-state index in [4.69, 9.17) is 10.8 Å². The maximum atomic E-state index is 7.69. The maximum Gasteiger partial charge on any atom is 0.0612 e. The lowest BCUT2D eigenvalue weighted by Crippen LogP contribution is -1.92. The average molecular weight is 184 g/mol. The molecule has 0 unspecified atom stereocenters. The molecule has 0 aliphatic carbocycles. The normalized spacial score (nSPS) is 10.9. The summed E-state index contributed by atoms with van der Waals surface area (Å²) in [5.74, 6) is 0. The van der Waals surface area contributed by atoms with E-state index in [1.165, 1.54) is 6.21 Å². The van der Waals surface area contributed by atoms with E-state index < -0.39 is 0 Å². The SMILES string of the molecule is N=C/C=C\C=C\C(=N)c1ccccc1. The lowest BCUT2D eigenvalue weighted by molar-refractivity contribution is 1.49. The Balaban J connectivity index is 2.64. The third-order valence-electron chi connectivity index (χ3n) is 1.67. The highest BCUT2D eigenvalue weighted by atomic mass is 14.4. The Morgan fingerprint density at radius 1 is 1.00 bits per heavy atom. The fourth-order valence-electron chi connectivity index (χ4n) is 0.985. The van der Waals surface area contributed by atoms with E-state index in [1.807, 2.05) is 30.3 Å². The summed E-state index contributed by atoms with van der Waals surface area (Å²) in [5, 5.41) is 14.4. The fraction of sp³-hybridized carbons (Fsp3) is 0. The van der Waals surface area contributed by atoms with Gasteiger partial charge in [0, 0.05) is 6.21 Å². The largest absolute Gasteiger partial charge is 0.309 e. The maximum absolute atomic E-state index is 7.69. The van der Waals surface area contributed by atoms with Crippen LogP contribution in [-0.2, 0) is 0 Å². The molecule has 0 amide bonds. The number of hydrogen-bond acceptors (Lipinski definition) is 2. The van der Waals surface area contributed by atoms with E-state index in [-0.39, 0.29) is 0 Å². The first kappa shape index (κ1) is 10.1. The third kappa shape index (κ3) is 3.19. The molecule has 0 bridgehead atoms. The highest BCUT2D eigenvalue weighted by Gasteiger charge is 1.92. The van der Waals surface area contributed by atoms with Gasteiger partial charge in [-0.1, -0.05) is 42.5 Å². The van der Waals surface area contributed by atoms with Crippen molar-refractivity contribution in [2.75, 3.05) is 0 Å². The van der Waals surface area contributed by atoms with Crippen molar-refractivity contribution in [3.05, 3.63) is 60.2 Å². The van der Waals surface area contributed by atoms with Crippen LogP contribution in [0.25, 0.3) is 0 Å². The van der Waals surface area contributed by atoms with Crippen LogP contribution in [0.15, 0.2) is 54.6 Å². The number of allylic oxidation sites excluding steroid dienone is 4. The van der Waals surface area contributed by atoms with Crippen LogP contribution >= 0.6 is 0 Å². The molecule has 1 rings (SSSR count). The van der Waals surface area contributed by atoms with Crippen LogP contribution in [0.3, 0.4) is 0 Å². The molecule has 0 fully saturated rings. The van der Waals surface area contributed by atoms with Gasteiger partial charge in [-0.15, -0.1) is 0 Å². The summed E-state index contributed by atoms with van der Waals surface area (Å²) < 4.78 is 0. The van der Waals surface area contributed by atoms with Gasteiger partial charge in [0.2, 0.25) is 0 Å². The van der Waals surface area contributed by atoms with Gasteiger partial charge in [-0.05, 0) is 17.7 Å². The second kappa shape index (κ2) is 5.65. The smallest absolute Gasteiger partial charge is 0.0612 e. The van der Waals surface area contributed by atoms with E-state index >= 15 is 0 Å². The van der Waals surface area contributed by atoms with Crippen LogP contribution in [0.1, 0.15) is 5.56 Å². The highest BCUT2D eigenvalue weighted by Crippen LogP contribution is 2.00. The van der Waals surface area contributed by atoms with Gasteiger partial charge < -0.3 is 10.8 Å². The Morgan fingerprint density at radius 2 is 1.71 bits per heavy atom. The van der Waals surface area contributed by atoms with Crippen molar-refractivity contribution in [2.45, 2.75) is 0 Å². The molecule has 2 heteroatoms. The van der Waals surface area contributed by atoms with Crippen LogP contribution < -0.4 is 0 Å². The lowest BCUT2D eigenvalue weighted by atomic mass is 10.1. The first-order valence-corrected chi connectivity index (χ1v) is 4.32. The van der Waals surface area contributed by atoms with Crippen molar-refractivity contribution in [3.63, 3.8) is 0 Å². The molecular formula is C12H12N2. The molecule has 2 nitrogen and oxygen atoms in total. The van der Waals surface area contributed by atoms with Crippen molar-refractivity contribution in [1.29, 1.82) is 10.8 Å². The minimum atomic E-state index is 0.472. The minimum absolute atomic E-state index is 0.472. The standard InChI is InChI=1S/C12H12N2/c13-10-6-2-5-9-12(14)11-7-3-1-4-8-11/h1-10,13-14H/b6-2-,9-5+,13-10?,14-12?. The van der Waals surface area contributed by atoms with Gasteiger partial charge in [-0.25, -0.2) is 0 Å². The predicted octanol–water partition coefficient (Wildman–Crippen LogP) is 2.82. The predicted molar refractivity (Wildman–Crippen MR) is 60.3 cm³/mol. The molecule has 0 spiro atoms. The molecule has 1 aromatic rings. The Bertz CT molecular complexity index is 361. The molecule has 14 heavy (non-hydrogen) atoms. The van der Waals surface area contributed by atoms with E-state index in [1.54, 1.807) is 24.3 Å². The van der Waals surface area contributed by atoms with Gasteiger partial charge in [0.25, 0.3) is 0 Å². The van der Waals surface area contributed by atoms with Crippen LogP contribution in [0.4, 0.5) is 0 Å². The molecule has 1 aromatic carbocycles. The summed E-state index contributed by atoms with van der Waals surface area (Å²) in [6.07, 6.45) is 7.99. The molecule has 0 aromatic heterocycles. The second-order valence-electron chi connectivity index (χ2n) is 2.69. The van der Waals surface area contributed by atoms with Gasteiger partial charge in [-0.3, -0.25) is 0 Å². The molecule has 0 heterocycles. The monoisotopic (exact) mass is 184 g/mol. The van der Waals surface area contributed by atoms with Crippen LogP contribution in [0.2, 0.25) is 0 Å². The third-order valence-corrected chi connectivity index (χ3v) is 1.67. The number of hydrogen-bond donors (Lipinski definition) is 2. The quantitative estimate of drug-likeness (QED) is 0.534. The molecule has 0 atom stereocenters. The van der Waals surface area contributed by atoms with E-state index in [9.17, 15) is 0 Å². The van der Waals surface area contributed by atoms with E-state index in [0.717, 1.165) is 5.56 Å². The Morgan fingerprint density at radius 3 is 2.36 bits per heavy atom.